The number of aliphatic hydroxyl groups is 1. The van der Waals surface area contributed by atoms with Gasteiger partial charge in [0.2, 0.25) is 0 Å². The van der Waals surface area contributed by atoms with Crippen LogP contribution in [0.2, 0.25) is 5.02 Å². The van der Waals surface area contributed by atoms with Crippen LogP contribution in [0.15, 0.2) is 36.4 Å². The van der Waals surface area contributed by atoms with E-state index in [-0.39, 0.29) is 12.2 Å². The molecule has 2 aromatic carbocycles. The van der Waals surface area contributed by atoms with Gasteiger partial charge in [0.05, 0.1) is 6.10 Å². The number of ether oxygens (including phenoxy) is 1. The van der Waals surface area contributed by atoms with Gasteiger partial charge in [-0.1, -0.05) is 23.7 Å². The smallest absolute Gasteiger partial charge is 0.165 e. The number of hydrogen-bond donors (Lipinski definition) is 1. The van der Waals surface area contributed by atoms with Crippen LogP contribution in [0.5, 0.6) is 5.75 Å². The molecule has 0 saturated carbocycles. The fourth-order valence-corrected chi connectivity index (χ4v) is 1.97. The SMILES string of the molecule is CC(O)c1cc(Cl)ccc1OCc1cccc(F)c1F. The highest BCUT2D eigenvalue weighted by atomic mass is 35.5. The Kier molecular flexibility index (Phi) is 4.57. The molecule has 0 aliphatic rings. The highest BCUT2D eigenvalue weighted by Crippen LogP contribution is 2.29. The molecule has 0 amide bonds. The monoisotopic (exact) mass is 298 g/mol. The molecule has 2 rings (SSSR count). The second-order valence-electron chi connectivity index (χ2n) is 4.36. The van der Waals surface area contributed by atoms with E-state index in [4.69, 9.17) is 16.3 Å². The Labute approximate surface area is 120 Å². The Bertz CT molecular complexity index is 615. The van der Waals surface area contributed by atoms with Crippen molar-refractivity contribution in [1.29, 1.82) is 0 Å². The third-order valence-electron chi connectivity index (χ3n) is 2.84. The summed E-state index contributed by atoms with van der Waals surface area (Å²) in [6.07, 6.45) is -0.777. The van der Waals surface area contributed by atoms with E-state index in [1.807, 2.05) is 0 Å². The molecule has 0 aliphatic carbocycles. The zero-order valence-electron chi connectivity index (χ0n) is 10.7. The summed E-state index contributed by atoms with van der Waals surface area (Å²) in [5.41, 5.74) is 0.603. The molecule has 1 unspecified atom stereocenters. The van der Waals surface area contributed by atoms with Crippen molar-refractivity contribution < 1.29 is 18.6 Å². The van der Waals surface area contributed by atoms with Gasteiger partial charge in [0.25, 0.3) is 0 Å². The van der Waals surface area contributed by atoms with Gasteiger partial charge in [0.15, 0.2) is 11.6 Å². The van der Waals surface area contributed by atoms with Gasteiger partial charge in [-0.15, -0.1) is 0 Å². The quantitative estimate of drug-likeness (QED) is 0.914. The lowest BCUT2D eigenvalue weighted by atomic mass is 10.1. The lowest BCUT2D eigenvalue weighted by Crippen LogP contribution is -2.03. The molecule has 0 radical (unpaired) electrons. The third kappa shape index (κ3) is 3.26. The maximum Gasteiger partial charge on any atom is 0.165 e. The van der Waals surface area contributed by atoms with Crippen molar-refractivity contribution in [2.45, 2.75) is 19.6 Å². The Morgan fingerprint density at radius 3 is 2.70 bits per heavy atom. The molecular weight excluding hydrogens is 286 g/mol. The first-order valence-corrected chi connectivity index (χ1v) is 6.40. The molecule has 106 valence electrons. The highest BCUT2D eigenvalue weighted by molar-refractivity contribution is 6.30. The molecule has 2 aromatic rings. The van der Waals surface area contributed by atoms with Crippen molar-refractivity contribution in [2.75, 3.05) is 0 Å². The number of aliphatic hydroxyl groups excluding tert-OH is 1. The minimum absolute atomic E-state index is 0.108. The topological polar surface area (TPSA) is 29.5 Å². The summed E-state index contributed by atoms with van der Waals surface area (Å²) in [6.45, 7) is 1.44. The van der Waals surface area contributed by atoms with Crippen LogP contribution in [0.3, 0.4) is 0 Å². The van der Waals surface area contributed by atoms with Crippen LogP contribution in [-0.4, -0.2) is 5.11 Å². The van der Waals surface area contributed by atoms with Crippen molar-refractivity contribution in [3.63, 3.8) is 0 Å². The van der Waals surface area contributed by atoms with Gasteiger partial charge in [-0.25, -0.2) is 8.78 Å². The first-order valence-electron chi connectivity index (χ1n) is 6.02. The average molecular weight is 299 g/mol. The van der Waals surface area contributed by atoms with Gasteiger partial charge in [-0.05, 0) is 31.2 Å². The molecular formula is C15H13ClF2O2. The van der Waals surface area contributed by atoms with Crippen LogP contribution < -0.4 is 4.74 Å². The van der Waals surface area contributed by atoms with Crippen LogP contribution in [-0.2, 0) is 6.61 Å². The van der Waals surface area contributed by atoms with Crippen molar-refractivity contribution in [1.82, 2.24) is 0 Å². The van der Waals surface area contributed by atoms with Crippen LogP contribution in [0, 0.1) is 11.6 Å². The minimum atomic E-state index is -0.930. The molecule has 0 aliphatic heterocycles. The molecule has 20 heavy (non-hydrogen) atoms. The van der Waals surface area contributed by atoms with E-state index in [0.717, 1.165) is 6.07 Å². The molecule has 2 nitrogen and oxygen atoms in total. The Hall–Kier alpha value is -1.65. The van der Waals surface area contributed by atoms with E-state index >= 15 is 0 Å². The van der Waals surface area contributed by atoms with E-state index in [1.54, 1.807) is 25.1 Å². The normalized spacial score (nSPS) is 12.2. The summed E-state index contributed by atoms with van der Waals surface area (Å²) in [6, 6.07) is 8.66. The molecule has 0 heterocycles. The molecule has 5 heteroatoms. The average Bonchev–Trinajstić information content (AvgIpc) is 2.41. The molecule has 1 N–H and O–H groups in total. The molecule has 0 aromatic heterocycles. The van der Waals surface area contributed by atoms with Crippen LogP contribution in [0.4, 0.5) is 8.78 Å². The lowest BCUT2D eigenvalue weighted by molar-refractivity contribution is 0.189. The molecule has 0 fully saturated rings. The lowest BCUT2D eigenvalue weighted by Gasteiger charge is -2.14. The summed E-state index contributed by atoms with van der Waals surface area (Å²) in [5, 5.41) is 10.1. The van der Waals surface area contributed by atoms with E-state index < -0.39 is 17.7 Å². The number of hydrogen-bond acceptors (Lipinski definition) is 2. The summed E-state index contributed by atoms with van der Waals surface area (Å²) in [7, 11) is 0. The molecule has 0 bridgehead atoms. The van der Waals surface area contributed by atoms with E-state index in [9.17, 15) is 13.9 Å². The van der Waals surface area contributed by atoms with Gasteiger partial charge >= 0.3 is 0 Å². The summed E-state index contributed by atoms with van der Waals surface area (Å²) in [5.74, 6) is -1.47. The van der Waals surface area contributed by atoms with Crippen molar-refractivity contribution in [3.05, 3.63) is 64.2 Å². The summed E-state index contributed by atoms with van der Waals surface area (Å²) in [4.78, 5) is 0. The number of rotatable bonds is 4. The van der Waals surface area contributed by atoms with Gasteiger partial charge < -0.3 is 9.84 Å². The van der Waals surface area contributed by atoms with Gasteiger partial charge in [-0.3, -0.25) is 0 Å². The predicted molar refractivity (Wildman–Crippen MR) is 72.8 cm³/mol. The standard InChI is InChI=1S/C15H13ClF2O2/c1-9(19)12-7-11(16)5-6-14(12)20-8-10-3-2-4-13(17)15(10)18/h2-7,9,19H,8H2,1H3. The first kappa shape index (κ1) is 14.8. The predicted octanol–water partition coefficient (Wildman–Crippen LogP) is 4.25. The maximum absolute atomic E-state index is 13.5. The zero-order valence-corrected chi connectivity index (χ0v) is 11.5. The number of benzene rings is 2. The molecule has 0 saturated heterocycles. The fourth-order valence-electron chi connectivity index (χ4n) is 1.79. The Balaban J connectivity index is 2.21. The van der Waals surface area contributed by atoms with Crippen LogP contribution in [0.25, 0.3) is 0 Å². The van der Waals surface area contributed by atoms with E-state index in [2.05, 4.69) is 0 Å². The Morgan fingerprint density at radius 1 is 1.25 bits per heavy atom. The molecule has 0 spiro atoms. The van der Waals surface area contributed by atoms with Gasteiger partial charge in [0, 0.05) is 16.1 Å². The second-order valence-corrected chi connectivity index (χ2v) is 4.80. The Morgan fingerprint density at radius 2 is 2.00 bits per heavy atom. The maximum atomic E-state index is 13.5. The van der Waals surface area contributed by atoms with Crippen molar-refractivity contribution in [3.8, 4) is 5.75 Å². The minimum Gasteiger partial charge on any atom is -0.488 e. The van der Waals surface area contributed by atoms with Crippen LogP contribution >= 0.6 is 11.6 Å². The third-order valence-corrected chi connectivity index (χ3v) is 3.07. The van der Waals surface area contributed by atoms with Crippen molar-refractivity contribution in [2.24, 2.45) is 0 Å². The van der Waals surface area contributed by atoms with E-state index in [0.29, 0.717) is 16.3 Å². The number of halogens is 3. The van der Waals surface area contributed by atoms with Gasteiger partial charge in [-0.2, -0.15) is 0 Å². The largest absolute Gasteiger partial charge is 0.488 e. The summed E-state index contributed by atoms with van der Waals surface area (Å²) >= 11 is 5.85. The second kappa shape index (κ2) is 6.20. The van der Waals surface area contributed by atoms with Crippen LogP contribution in [0.1, 0.15) is 24.2 Å². The van der Waals surface area contributed by atoms with E-state index in [1.165, 1.54) is 12.1 Å². The zero-order chi connectivity index (χ0) is 14.7. The highest BCUT2D eigenvalue weighted by Gasteiger charge is 2.12. The van der Waals surface area contributed by atoms with Gasteiger partial charge in [0.1, 0.15) is 12.4 Å². The van der Waals surface area contributed by atoms with Crippen molar-refractivity contribution >= 4 is 11.6 Å². The first-order chi connectivity index (χ1) is 9.49. The summed E-state index contributed by atoms with van der Waals surface area (Å²) < 4.78 is 32.0. The fraction of sp³-hybridized carbons (Fsp3) is 0.200. The molecule has 1 atom stereocenters.